The van der Waals surface area contributed by atoms with Gasteiger partial charge in [-0.2, -0.15) is 0 Å². The highest BCUT2D eigenvalue weighted by molar-refractivity contribution is 7.15. The first-order chi connectivity index (χ1) is 16.6. The minimum atomic E-state index is -1.10. The Morgan fingerprint density at radius 3 is 2.57 bits per heavy atom. The highest BCUT2D eigenvalue weighted by Gasteiger charge is 2.48. The zero-order valence-electron chi connectivity index (χ0n) is 20.4. The lowest BCUT2D eigenvalue weighted by Crippen LogP contribution is -2.58. The maximum absolute atomic E-state index is 13.4. The van der Waals surface area contributed by atoms with Gasteiger partial charge in [0.25, 0.3) is 5.91 Å². The van der Waals surface area contributed by atoms with Crippen LogP contribution in [0.4, 0.5) is 0 Å². The second-order valence-electron chi connectivity index (χ2n) is 10.1. The zero-order chi connectivity index (χ0) is 25.1. The molecule has 2 unspecified atom stereocenters. The molecule has 1 aliphatic carbocycles. The van der Waals surface area contributed by atoms with Gasteiger partial charge in [0, 0.05) is 29.7 Å². The summed E-state index contributed by atoms with van der Waals surface area (Å²) in [5, 5.41) is 11.4. The van der Waals surface area contributed by atoms with Crippen molar-refractivity contribution in [1.29, 1.82) is 0 Å². The third-order valence-electron chi connectivity index (χ3n) is 7.49. The number of aromatic hydroxyl groups is 1. The number of thiazole rings is 1. The Morgan fingerprint density at radius 2 is 1.94 bits per heavy atom. The normalized spacial score (nSPS) is 20.6. The maximum Gasteiger partial charge on any atom is 0.274 e. The van der Waals surface area contributed by atoms with Crippen LogP contribution in [0.1, 0.15) is 60.1 Å². The average Bonchev–Trinajstić information content (AvgIpc) is 3.58. The van der Waals surface area contributed by atoms with E-state index in [-0.39, 0.29) is 29.6 Å². The van der Waals surface area contributed by atoms with Crippen LogP contribution in [0.2, 0.25) is 0 Å². The largest absolute Gasteiger partial charge is 0.503 e. The summed E-state index contributed by atoms with van der Waals surface area (Å²) in [4.78, 5) is 46.6. The standard InChI is InChI=1S/C27H29N3O4S/c1-15-5-7-18(8-6-15)11-20-12-28-25(35-20)21-13-30-22(24(33)23(21)32)26(34)29(16(2)19-9-10-19)14-27(30,4)17(3)31/h5-8,12-13,16,19,33H,9-11,14H2,1-4H3. The summed E-state index contributed by atoms with van der Waals surface area (Å²) in [5.74, 6) is -0.795. The van der Waals surface area contributed by atoms with Crippen LogP contribution < -0.4 is 5.43 Å². The molecule has 0 bridgehead atoms. The monoisotopic (exact) mass is 491 g/mol. The first kappa shape index (κ1) is 23.5. The second kappa shape index (κ2) is 8.45. The molecule has 2 atom stereocenters. The number of ketones is 1. The van der Waals surface area contributed by atoms with Gasteiger partial charge in [-0.15, -0.1) is 11.3 Å². The van der Waals surface area contributed by atoms with Crippen molar-refractivity contribution in [2.75, 3.05) is 6.54 Å². The van der Waals surface area contributed by atoms with Gasteiger partial charge in [-0.3, -0.25) is 14.4 Å². The molecule has 0 radical (unpaired) electrons. The van der Waals surface area contributed by atoms with E-state index >= 15 is 0 Å². The van der Waals surface area contributed by atoms with Crippen LogP contribution in [0.15, 0.2) is 41.5 Å². The molecule has 3 heterocycles. The van der Waals surface area contributed by atoms with Crippen LogP contribution in [0.3, 0.4) is 0 Å². The number of aromatic nitrogens is 2. The topological polar surface area (TPSA) is 92.5 Å². The predicted octanol–water partition coefficient (Wildman–Crippen LogP) is 4.14. The van der Waals surface area contributed by atoms with Gasteiger partial charge in [0.05, 0.1) is 12.1 Å². The third-order valence-corrected chi connectivity index (χ3v) is 8.52. The molecule has 1 N–H and O–H groups in total. The number of Topliss-reactive ketones (excluding diaryl/α,β-unsaturated/α-hetero) is 1. The summed E-state index contributed by atoms with van der Waals surface area (Å²) >= 11 is 1.37. The van der Waals surface area contributed by atoms with Crippen LogP contribution in [0.25, 0.3) is 10.6 Å². The Balaban J connectivity index is 1.57. The minimum absolute atomic E-state index is 0.0626. The van der Waals surface area contributed by atoms with E-state index in [1.54, 1.807) is 18.0 Å². The van der Waals surface area contributed by atoms with E-state index in [9.17, 15) is 19.5 Å². The molecule has 3 aromatic rings. The van der Waals surface area contributed by atoms with Gasteiger partial charge in [0.2, 0.25) is 5.43 Å². The zero-order valence-corrected chi connectivity index (χ0v) is 21.2. The average molecular weight is 492 g/mol. The van der Waals surface area contributed by atoms with Crippen molar-refractivity contribution in [3.8, 4) is 16.3 Å². The number of carbonyl (C=O) groups is 2. The number of carbonyl (C=O) groups excluding carboxylic acids is 2. The Kier molecular flexibility index (Phi) is 5.67. The van der Waals surface area contributed by atoms with Crippen molar-refractivity contribution in [3.63, 3.8) is 0 Å². The summed E-state index contributed by atoms with van der Waals surface area (Å²) in [5.41, 5.74) is 0.642. The number of pyridine rings is 1. The Hall–Kier alpha value is -3.26. The summed E-state index contributed by atoms with van der Waals surface area (Å²) in [7, 11) is 0. The molecular weight excluding hydrogens is 462 g/mol. The molecule has 182 valence electrons. The number of amides is 1. The highest BCUT2D eigenvalue weighted by Crippen LogP contribution is 2.40. The van der Waals surface area contributed by atoms with Gasteiger partial charge in [-0.25, -0.2) is 4.98 Å². The summed E-state index contributed by atoms with van der Waals surface area (Å²) in [6.07, 6.45) is 6.01. The van der Waals surface area contributed by atoms with E-state index in [0.717, 1.165) is 23.3 Å². The Morgan fingerprint density at radius 1 is 1.26 bits per heavy atom. The van der Waals surface area contributed by atoms with Crippen LogP contribution in [-0.4, -0.2) is 43.8 Å². The molecule has 0 saturated heterocycles. The molecule has 1 saturated carbocycles. The van der Waals surface area contributed by atoms with Crippen molar-refractivity contribution in [2.45, 2.75) is 58.5 Å². The first-order valence-corrected chi connectivity index (χ1v) is 12.7. The molecule has 35 heavy (non-hydrogen) atoms. The minimum Gasteiger partial charge on any atom is -0.503 e. The first-order valence-electron chi connectivity index (χ1n) is 11.9. The Labute approximate surface area is 208 Å². The van der Waals surface area contributed by atoms with Crippen LogP contribution in [0, 0.1) is 12.8 Å². The molecule has 1 aliphatic heterocycles. The lowest BCUT2D eigenvalue weighted by Gasteiger charge is -2.44. The van der Waals surface area contributed by atoms with Crippen molar-refractivity contribution < 1.29 is 14.7 Å². The lowest BCUT2D eigenvalue weighted by molar-refractivity contribution is -0.126. The number of aryl methyl sites for hydroxylation is 1. The Bertz CT molecular complexity index is 1390. The number of benzene rings is 1. The molecule has 5 rings (SSSR count). The van der Waals surface area contributed by atoms with E-state index in [1.165, 1.54) is 34.6 Å². The van der Waals surface area contributed by atoms with Crippen molar-refractivity contribution >= 4 is 23.0 Å². The molecule has 2 aliphatic rings. The van der Waals surface area contributed by atoms with Gasteiger partial charge < -0.3 is 14.6 Å². The fraction of sp³-hybridized carbons (Fsp3) is 0.407. The number of nitrogens with zero attached hydrogens (tertiary/aromatic N) is 3. The summed E-state index contributed by atoms with van der Waals surface area (Å²) < 4.78 is 1.50. The van der Waals surface area contributed by atoms with Crippen molar-refractivity contribution in [2.24, 2.45) is 5.92 Å². The molecule has 1 fully saturated rings. The molecule has 0 spiro atoms. The molecule has 1 aromatic carbocycles. The van der Waals surface area contributed by atoms with Gasteiger partial charge in [-0.1, -0.05) is 29.8 Å². The van der Waals surface area contributed by atoms with E-state index in [0.29, 0.717) is 17.3 Å². The van der Waals surface area contributed by atoms with Crippen molar-refractivity contribution in [1.82, 2.24) is 14.5 Å². The molecule has 1 amide bonds. The number of hydrogen-bond acceptors (Lipinski definition) is 6. The van der Waals surface area contributed by atoms with E-state index in [1.807, 2.05) is 13.8 Å². The van der Waals surface area contributed by atoms with E-state index < -0.39 is 22.6 Å². The number of rotatable bonds is 6. The van der Waals surface area contributed by atoms with Crippen molar-refractivity contribution in [3.05, 3.63) is 68.6 Å². The molecule has 8 heteroatoms. The smallest absolute Gasteiger partial charge is 0.274 e. The quantitative estimate of drug-likeness (QED) is 0.560. The summed E-state index contributed by atoms with van der Waals surface area (Å²) in [6.45, 7) is 7.45. The van der Waals surface area contributed by atoms with Gasteiger partial charge in [0.15, 0.2) is 17.2 Å². The fourth-order valence-corrected chi connectivity index (χ4v) is 5.78. The molecule has 7 nitrogen and oxygen atoms in total. The lowest BCUT2D eigenvalue weighted by atomic mass is 9.90. The van der Waals surface area contributed by atoms with E-state index in [2.05, 4.69) is 29.2 Å². The maximum atomic E-state index is 13.4. The predicted molar refractivity (Wildman–Crippen MR) is 135 cm³/mol. The molecule has 2 aromatic heterocycles. The second-order valence-corrected chi connectivity index (χ2v) is 11.2. The van der Waals surface area contributed by atoms with Crippen LogP contribution in [0.5, 0.6) is 5.75 Å². The van der Waals surface area contributed by atoms with Crippen LogP contribution in [-0.2, 0) is 16.8 Å². The highest BCUT2D eigenvalue weighted by atomic mass is 32.1. The SMILES string of the molecule is CC(=O)C1(C)CN(C(C)C2CC2)C(=O)c2c(O)c(=O)c(-c3ncc(Cc4ccc(C)cc4)s3)cn21. The van der Waals surface area contributed by atoms with Gasteiger partial charge in [0.1, 0.15) is 10.5 Å². The van der Waals surface area contributed by atoms with Crippen LogP contribution >= 0.6 is 11.3 Å². The van der Waals surface area contributed by atoms with Gasteiger partial charge >= 0.3 is 0 Å². The third kappa shape index (κ3) is 3.99. The fourth-order valence-electron chi connectivity index (χ4n) is 4.83. The summed E-state index contributed by atoms with van der Waals surface area (Å²) in [6, 6.07) is 8.17. The van der Waals surface area contributed by atoms with Gasteiger partial charge in [-0.05, 0) is 52.0 Å². The number of fused-ring (bicyclic) bond motifs is 1. The van der Waals surface area contributed by atoms with E-state index in [4.69, 9.17) is 0 Å². The number of hydrogen-bond donors (Lipinski definition) is 1. The molecular formula is C27H29N3O4S.